The Morgan fingerprint density at radius 2 is 1.85 bits per heavy atom. The summed E-state index contributed by atoms with van der Waals surface area (Å²) in [5, 5.41) is 12.5. The van der Waals surface area contributed by atoms with E-state index in [1.54, 1.807) is 0 Å². The van der Waals surface area contributed by atoms with Gasteiger partial charge in [0.15, 0.2) is 0 Å². The van der Waals surface area contributed by atoms with Gasteiger partial charge in [0.1, 0.15) is 0 Å². The van der Waals surface area contributed by atoms with Crippen LogP contribution in [0.5, 0.6) is 0 Å². The van der Waals surface area contributed by atoms with Crippen LogP contribution in [0.1, 0.15) is 49.9 Å². The molecule has 27 heavy (non-hydrogen) atoms. The largest absolute Gasteiger partial charge is 0.393 e. The van der Waals surface area contributed by atoms with Gasteiger partial charge in [-0.25, -0.2) is 0 Å². The zero-order valence-electron chi connectivity index (χ0n) is 16.2. The van der Waals surface area contributed by atoms with Crippen molar-refractivity contribution in [3.05, 3.63) is 48.0 Å². The molecule has 2 heterocycles. The maximum Gasteiger partial charge on any atom is 0.254 e. The van der Waals surface area contributed by atoms with Crippen LogP contribution in [0.4, 0.5) is 0 Å². The van der Waals surface area contributed by atoms with Crippen LogP contribution < -0.4 is 0 Å². The standard InChI is InChI=1S/C23H29NO3/c1-16(2)21-14-18(25)15-23(27-21)10-12-24(13-11-23)22(26)20-9-5-7-17-6-3-4-8-19(17)20/h3-9,16,18,21,25H,10-15H2,1-2H3/t18-,21-/m1/s1. The van der Waals surface area contributed by atoms with Gasteiger partial charge >= 0.3 is 0 Å². The monoisotopic (exact) mass is 367 g/mol. The highest BCUT2D eigenvalue weighted by atomic mass is 16.5. The van der Waals surface area contributed by atoms with Crippen molar-refractivity contribution < 1.29 is 14.6 Å². The van der Waals surface area contributed by atoms with Gasteiger partial charge in [0.05, 0.1) is 17.8 Å². The van der Waals surface area contributed by atoms with E-state index in [4.69, 9.17) is 4.74 Å². The summed E-state index contributed by atoms with van der Waals surface area (Å²) in [5.74, 6) is 0.491. The molecule has 4 heteroatoms. The van der Waals surface area contributed by atoms with Crippen molar-refractivity contribution in [2.24, 2.45) is 5.92 Å². The van der Waals surface area contributed by atoms with E-state index in [9.17, 15) is 9.90 Å². The van der Waals surface area contributed by atoms with E-state index in [0.717, 1.165) is 35.6 Å². The predicted octanol–water partition coefficient (Wildman–Crippen LogP) is 4.01. The third kappa shape index (κ3) is 3.61. The Hall–Kier alpha value is -1.91. The highest BCUT2D eigenvalue weighted by molar-refractivity contribution is 6.07. The molecule has 0 unspecified atom stereocenters. The molecule has 1 spiro atoms. The van der Waals surface area contributed by atoms with Gasteiger partial charge in [-0.15, -0.1) is 0 Å². The minimum absolute atomic E-state index is 0.0958. The maximum absolute atomic E-state index is 13.2. The van der Waals surface area contributed by atoms with Crippen molar-refractivity contribution in [1.82, 2.24) is 4.90 Å². The van der Waals surface area contributed by atoms with Crippen LogP contribution in [0.15, 0.2) is 42.5 Å². The molecule has 0 radical (unpaired) electrons. The molecule has 2 saturated heterocycles. The van der Waals surface area contributed by atoms with Crippen LogP contribution in [0.25, 0.3) is 10.8 Å². The number of piperidine rings is 1. The molecule has 0 bridgehead atoms. The van der Waals surface area contributed by atoms with Gasteiger partial charge in [-0.2, -0.15) is 0 Å². The molecule has 2 aliphatic heterocycles. The topological polar surface area (TPSA) is 49.8 Å². The highest BCUT2D eigenvalue weighted by Gasteiger charge is 2.44. The Kier molecular flexibility index (Phi) is 4.95. The molecule has 0 aliphatic carbocycles. The zero-order chi connectivity index (χ0) is 19.0. The third-order valence-corrected chi connectivity index (χ3v) is 6.24. The molecule has 2 fully saturated rings. The van der Waals surface area contributed by atoms with Crippen LogP contribution >= 0.6 is 0 Å². The number of likely N-dealkylation sites (tertiary alicyclic amines) is 1. The van der Waals surface area contributed by atoms with E-state index in [1.165, 1.54) is 0 Å². The number of rotatable bonds is 2. The summed E-state index contributed by atoms with van der Waals surface area (Å²) >= 11 is 0. The van der Waals surface area contributed by atoms with Crippen molar-refractivity contribution >= 4 is 16.7 Å². The Labute approximate surface area is 161 Å². The average molecular weight is 367 g/mol. The molecule has 0 aromatic heterocycles. The third-order valence-electron chi connectivity index (χ3n) is 6.24. The second kappa shape index (κ2) is 7.25. The molecule has 2 atom stereocenters. The molecular formula is C23H29NO3. The van der Waals surface area contributed by atoms with E-state index in [2.05, 4.69) is 13.8 Å². The first-order valence-electron chi connectivity index (χ1n) is 10.1. The van der Waals surface area contributed by atoms with Crippen LogP contribution in [0.3, 0.4) is 0 Å². The molecule has 144 valence electrons. The highest BCUT2D eigenvalue weighted by Crippen LogP contribution is 2.39. The second-order valence-corrected chi connectivity index (χ2v) is 8.50. The van der Waals surface area contributed by atoms with E-state index < -0.39 is 0 Å². The number of fused-ring (bicyclic) bond motifs is 1. The normalized spacial score (nSPS) is 25.3. The molecule has 1 N–H and O–H groups in total. The van der Waals surface area contributed by atoms with Gasteiger partial charge in [-0.3, -0.25) is 4.79 Å². The minimum atomic E-state index is -0.300. The van der Waals surface area contributed by atoms with Crippen molar-refractivity contribution in [2.75, 3.05) is 13.1 Å². The van der Waals surface area contributed by atoms with Crippen molar-refractivity contribution in [1.29, 1.82) is 0 Å². The molecule has 4 nitrogen and oxygen atoms in total. The average Bonchev–Trinajstić information content (AvgIpc) is 2.67. The molecule has 2 aliphatic rings. The summed E-state index contributed by atoms with van der Waals surface area (Å²) in [5.41, 5.74) is 0.496. The second-order valence-electron chi connectivity index (χ2n) is 8.50. The van der Waals surface area contributed by atoms with Crippen LogP contribution in [-0.2, 0) is 4.74 Å². The van der Waals surface area contributed by atoms with Crippen molar-refractivity contribution in [2.45, 2.75) is 57.3 Å². The number of hydrogen-bond acceptors (Lipinski definition) is 3. The Balaban J connectivity index is 1.49. The Bertz CT molecular complexity index is 818. The lowest BCUT2D eigenvalue weighted by atomic mass is 9.80. The van der Waals surface area contributed by atoms with Crippen molar-refractivity contribution in [3.8, 4) is 0 Å². The Morgan fingerprint density at radius 3 is 2.59 bits per heavy atom. The van der Waals surface area contributed by atoms with Gasteiger partial charge in [0.2, 0.25) is 0 Å². The first kappa shape index (κ1) is 18.5. The molecule has 0 saturated carbocycles. The maximum atomic E-state index is 13.2. The fraction of sp³-hybridized carbons (Fsp3) is 0.522. The summed E-state index contributed by atoms with van der Waals surface area (Å²) in [6.07, 6.45) is 2.80. The molecular weight excluding hydrogens is 338 g/mol. The smallest absolute Gasteiger partial charge is 0.254 e. The number of nitrogens with zero attached hydrogens (tertiary/aromatic N) is 1. The lowest BCUT2D eigenvalue weighted by Gasteiger charge is -2.48. The van der Waals surface area contributed by atoms with Gasteiger partial charge in [-0.1, -0.05) is 50.2 Å². The SMILES string of the molecule is CC(C)[C@H]1C[C@@H](O)CC2(CCN(C(=O)c3cccc4ccccc34)CC2)O1. The summed E-state index contributed by atoms with van der Waals surface area (Å²) in [6.45, 7) is 5.66. The number of ether oxygens (including phenoxy) is 1. The van der Waals surface area contributed by atoms with Crippen LogP contribution in [-0.4, -0.2) is 46.8 Å². The van der Waals surface area contributed by atoms with Crippen molar-refractivity contribution in [3.63, 3.8) is 0 Å². The van der Waals surface area contributed by atoms with Gasteiger partial charge in [-0.05, 0) is 42.0 Å². The fourth-order valence-electron chi connectivity index (χ4n) is 4.63. The summed E-state index contributed by atoms with van der Waals surface area (Å²) in [6, 6.07) is 14.0. The van der Waals surface area contributed by atoms with E-state index in [1.807, 2.05) is 47.4 Å². The quantitative estimate of drug-likeness (QED) is 0.872. The van der Waals surface area contributed by atoms with Gasteiger partial charge in [0, 0.05) is 25.1 Å². The lowest BCUT2D eigenvalue weighted by molar-refractivity contribution is -0.190. The first-order chi connectivity index (χ1) is 13.0. The van der Waals surface area contributed by atoms with Crippen LogP contribution in [0.2, 0.25) is 0 Å². The van der Waals surface area contributed by atoms with Gasteiger partial charge < -0.3 is 14.7 Å². The first-order valence-corrected chi connectivity index (χ1v) is 10.1. The summed E-state index contributed by atoms with van der Waals surface area (Å²) in [4.78, 5) is 15.1. The number of aliphatic hydroxyl groups excluding tert-OH is 1. The number of carbonyl (C=O) groups is 1. The molecule has 2 aromatic carbocycles. The van der Waals surface area contributed by atoms with E-state index >= 15 is 0 Å². The fourth-order valence-corrected chi connectivity index (χ4v) is 4.63. The van der Waals surface area contributed by atoms with E-state index in [-0.39, 0.29) is 23.7 Å². The molecule has 4 rings (SSSR count). The number of aliphatic hydroxyl groups is 1. The van der Waals surface area contributed by atoms with Gasteiger partial charge in [0.25, 0.3) is 5.91 Å². The van der Waals surface area contributed by atoms with Crippen LogP contribution in [0, 0.1) is 5.92 Å². The van der Waals surface area contributed by atoms with E-state index in [0.29, 0.717) is 25.4 Å². The minimum Gasteiger partial charge on any atom is -0.393 e. The molecule has 2 aromatic rings. The summed E-state index contributed by atoms with van der Waals surface area (Å²) in [7, 11) is 0. The number of carbonyl (C=O) groups excluding carboxylic acids is 1. The molecule has 1 amide bonds. The zero-order valence-corrected chi connectivity index (χ0v) is 16.2. The number of benzene rings is 2. The number of hydrogen-bond donors (Lipinski definition) is 1. The summed E-state index contributed by atoms with van der Waals surface area (Å²) < 4.78 is 6.45. The lowest BCUT2D eigenvalue weighted by Crippen LogP contribution is -2.54. The predicted molar refractivity (Wildman–Crippen MR) is 107 cm³/mol. The number of amides is 1. The Morgan fingerprint density at radius 1 is 1.15 bits per heavy atom.